The van der Waals surface area contributed by atoms with E-state index < -0.39 is 0 Å². The molecule has 0 unspecified atom stereocenters. The van der Waals surface area contributed by atoms with E-state index in [0.29, 0.717) is 17.8 Å². The zero-order chi connectivity index (χ0) is 11.7. The maximum atomic E-state index is 5.19. The Hall–Kier alpha value is -1.69. The van der Waals surface area contributed by atoms with Crippen LogP contribution in [0.1, 0.15) is 18.7 Å². The van der Waals surface area contributed by atoms with Gasteiger partial charge in [0.05, 0.1) is 0 Å². The van der Waals surface area contributed by atoms with Crippen LogP contribution < -0.4 is 5.32 Å². The lowest BCUT2D eigenvalue weighted by Gasteiger charge is -1.97. The Morgan fingerprint density at radius 1 is 1.53 bits per heavy atom. The Kier molecular flexibility index (Phi) is 2.64. The van der Waals surface area contributed by atoms with Gasteiger partial charge in [0.25, 0.3) is 0 Å². The van der Waals surface area contributed by atoms with E-state index in [0.717, 1.165) is 18.8 Å². The molecule has 0 aliphatic heterocycles. The number of nitrogens with zero attached hydrogens (tertiary/aromatic N) is 4. The number of aromatic nitrogens is 4. The molecule has 0 bridgehead atoms. The molecule has 1 saturated carbocycles. The first kappa shape index (κ1) is 10.5. The highest BCUT2D eigenvalue weighted by molar-refractivity contribution is 5.42. The van der Waals surface area contributed by atoms with Crippen LogP contribution in [0.5, 0.6) is 0 Å². The van der Waals surface area contributed by atoms with Gasteiger partial charge in [0, 0.05) is 38.4 Å². The molecule has 1 aliphatic rings. The third-order valence-corrected chi connectivity index (χ3v) is 2.84. The molecule has 17 heavy (non-hydrogen) atoms. The monoisotopic (exact) mass is 233 g/mol. The average Bonchev–Trinajstić information content (AvgIpc) is 2.85. The molecule has 0 atom stereocenters. The molecule has 1 aliphatic carbocycles. The maximum absolute atomic E-state index is 5.19. The fraction of sp³-hybridized carbons (Fsp3) is 0.545. The molecule has 90 valence electrons. The van der Waals surface area contributed by atoms with Crippen molar-refractivity contribution in [1.29, 1.82) is 0 Å². The van der Waals surface area contributed by atoms with Gasteiger partial charge in [-0.1, -0.05) is 5.16 Å². The van der Waals surface area contributed by atoms with E-state index in [1.54, 1.807) is 6.20 Å². The Morgan fingerprint density at radius 2 is 2.41 bits per heavy atom. The van der Waals surface area contributed by atoms with Crippen LogP contribution in [0.2, 0.25) is 0 Å². The van der Waals surface area contributed by atoms with Gasteiger partial charge in [0.15, 0.2) is 5.82 Å². The lowest BCUT2D eigenvalue weighted by Crippen LogP contribution is -2.19. The van der Waals surface area contributed by atoms with E-state index in [9.17, 15) is 0 Å². The van der Waals surface area contributed by atoms with Crippen molar-refractivity contribution in [2.75, 3.05) is 6.54 Å². The largest absolute Gasteiger partial charge is 0.339 e. The molecular weight excluding hydrogens is 218 g/mol. The fourth-order valence-corrected chi connectivity index (χ4v) is 1.70. The zero-order valence-corrected chi connectivity index (χ0v) is 9.76. The first-order valence-electron chi connectivity index (χ1n) is 5.86. The lowest BCUT2D eigenvalue weighted by molar-refractivity contribution is 0.376. The minimum atomic E-state index is 0.555. The molecule has 6 heteroatoms. The molecule has 0 saturated heterocycles. The fourth-order valence-electron chi connectivity index (χ4n) is 1.70. The van der Waals surface area contributed by atoms with Crippen LogP contribution >= 0.6 is 0 Å². The predicted octanol–water partition coefficient (Wildman–Crippen LogP) is 0.765. The minimum absolute atomic E-state index is 0.555. The molecule has 1 N–H and O–H groups in total. The van der Waals surface area contributed by atoms with Crippen molar-refractivity contribution in [2.24, 2.45) is 7.05 Å². The summed E-state index contributed by atoms with van der Waals surface area (Å²) >= 11 is 0. The van der Waals surface area contributed by atoms with Crippen LogP contribution in [0.25, 0.3) is 11.6 Å². The smallest absolute Gasteiger partial charge is 0.238 e. The van der Waals surface area contributed by atoms with Crippen molar-refractivity contribution in [3.63, 3.8) is 0 Å². The second kappa shape index (κ2) is 4.29. The van der Waals surface area contributed by atoms with Crippen LogP contribution in [0.3, 0.4) is 0 Å². The number of nitrogens with one attached hydrogen (secondary N) is 1. The zero-order valence-electron chi connectivity index (χ0n) is 9.76. The van der Waals surface area contributed by atoms with Gasteiger partial charge in [-0.05, 0) is 12.8 Å². The summed E-state index contributed by atoms with van der Waals surface area (Å²) in [6.45, 7) is 0.896. The van der Waals surface area contributed by atoms with Gasteiger partial charge in [0.1, 0.15) is 0 Å². The topological polar surface area (TPSA) is 68.8 Å². The number of rotatable bonds is 5. The van der Waals surface area contributed by atoms with E-state index >= 15 is 0 Å². The molecule has 0 radical (unpaired) electrons. The molecule has 0 amide bonds. The van der Waals surface area contributed by atoms with E-state index in [2.05, 4.69) is 20.4 Å². The Balaban J connectivity index is 1.63. The number of hydrogen-bond donors (Lipinski definition) is 1. The van der Waals surface area contributed by atoms with Gasteiger partial charge in [-0.2, -0.15) is 4.98 Å². The summed E-state index contributed by atoms with van der Waals surface area (Å²) < 4.78 is 7.06. The predicted molar refractivity (Wildman–Crippen MR) is 61.2 cm³/mol. The minimum Gasteiger partial charge on any atom is -0.339 e. The van der Waals surface area contributed by atoms with Crippen molar-refractivity contribution >= 4 is 0 Å². The highest BCUT2D eigenvalue weighted by Crippen LogP contribution is 2.18. The number of imidazole rings is 1. The van der Waals surface area contributed by atoms with Crippen LogP contribution in [0.15, 0.2) is 16.9 Å². The van der Waals surface area contributed by atoms with Gasteiger partial charge in [-0.25, -0.2) is 4.98 Å². The summed E-state index contributed by atoms with van der Waals surface area (Å²) in [7, 11) is 1.91. The van der Waals surface area contributed by atoms with Gasteiger partial charge in [-0.3, -0.25) is 0 Å². The number of hydrogen-bond acceptors (Lipinski definition) is 5. The summed E-state index contributed by atoms with van der Waals surface area (Å²) in [5.41, 5.74) is 0. The second-order valence-corrected chi connectivity index (χ2v) is 4.35. The molecule has 0 aromatic carbocycles. The number of aryl methyl sites for hydroxylation is 1. The maximum Gasteiger partial charge on any atom is 0.238 e. The molecule has 6 nitrogen and oxygen atoms in total. The summed E-state index contributed by atoms with van der Waals surface area (Å²) in [5.74, 6) is 1.95. The molecule has 2 aromatic rings. The molecule has 2 heterocycles. The normalized spacial score (nSPS) is 15.4. The van der Waals surface area contributed by atoms with Gasteiger partial charge in [0.2, 0.25) is 11.7 Å². The van der Waals surface area contributed by atoms with Crippen LogP contribution in [-0.2, 0) is 13.5 Å². The second-order valence-electron chi connectivity index (χ2n) is 4.35. The van der Waals surface area contributed by atoms with E-state index in [-0.39, 0.29) is 0 Å². The van der Waals surface area contributed by atoms with Crippen molar-refractivity contribution in [1.82, 2.24) is 25.0 Å². The Labute approximate surface area is 99.0 Å². The van der Waals surface area contributed by atoms with Crippen molar-refractivity contribution < 1.29 is 4.52 Å². The van der Waals surface area contributed by atoms with E-state index in [1.807, 2.05) is 17.8 Å². The SMILES string of the molecule is Cn1ccnc1-c1noc(CCNC2CC2)n1. The van der Waals surface area contributed by atoms with Crippen LogP contribution in [0.4, 0.5) is 0 Å². The van der Waals surface area contributed by atoms with Crippen molar-refractivity contribution in [3.05, 3.63) is 18.3 Å². The summed E-state index contributed by atoms with van der Waals surface area (Å²) in [6, 6.07) is 0.715. The molecule has 2 aromatic heterocycles. The van der Waals surface area contributed by atoms with Crippen LogP contribution in [-0.4, -0.2) is 32.3 Å². The highest BCUT2D eigenvalue weighted by atomic mass is 16.5. The molecule has 1 fully saturated rings. The van der Waals surface area contributed by atoms with E-state index in [1.165, 1.54) is 12.8 Å². The van der Waals surface area contributed by atoms with Crippen LogP contribution in [0, 0.1) is 0 Å². The molecule has 0 spiro atoms. The third-order valence-electron chi connectivity index (χ3n) is 2.84. The molecule has 3 rings (SSSR count). The first-order chi connectivity index (χ1) is 8.33. The Bertz CT molecular complexity index is 499. The lowest BCUT2D eigenvalue weighted by atomic mass is 10.4. The van der Waals surface area contributed by atoms with Crippen molar-refractivity contribution in [3.8, 4) is 11.6 Å². The quantitative estimate of drug-likeness (QED) is 0.826. The third kappa shape index (κ3) is 2.36. The van der Waals surface area contributed by atoms with Gasteiger partial charge < -0.3 is 14.4 Å². The standard InChI is InChI=1S/C11H15N5O/c1-16-7-6-13-11(16)10-14-9(17-15-10)4-5-12-8-2-3-8/h6-8,12H,2-5H2,1H3. The summed E-state index contributed by atoms with van der Waals surface area (Å²) in [4.78, 5) is 8.51. The summed E-state index contributed by atoms with van der Waals surface area (Å²) in [6.07, 6.45) is 6.94. The summed E-state index contributed by atoms with van der Waals surface area (Å²) in [5, 5.41) is 7.35. The average molecular weight is 233 g/mol. The van der Waals surface area contributed by atoms with Gasteiger partial charge in [-0.15, -0.1) is 0 Å². The van der Waals surface area contributed by atoms with Gasteiger partial charge >= 0.3 is 0 Å². The van der Waals surface area contributed by atoms with E-state index in [4.69, 9.17) is 4.52 Å². The Morgan fingerprint density at radius 3 is 3.12 bits per heavy atom. The first-order valence-corrected chi connectivity index (χ1v) is 5.86. The molecular formula is C11H15N5O. The van der Waals surface area contributed by atoms with Crippen molar-refractivity contribution in [2.45, 2.75) is 25.3 Å². The highest BCUT2D eigenvalue weighted by Gasteiger charge is 2.20.